The Morgan fingerprint density at radius 2 is 2.06 bits per heavy atom. The molecule has 31 heavy (non-hydrogen) atoms. The maximum absolute atomic E-state index is 13.4. The van der Waals surface area contributed by atoms with Gasteiger partial charge >= 0.3 is 6.09 Å². The number of halogens is 2. The number of nitrogens with one attached hydrogen (secondary N) is 2. The van der Waals surface area contributed by atoms with Gasteiger partial charge in [0.2, 0.25) is 0 Å². The van der Waals surface area contributed by atoms with E-state index >= 15 is 0 Å². The van der Waals surface area contributed by atoms with Gasteiger partial charge in [0.1, 0.15) is 15.9 Å². The smallest absolute Gasteiger partial charge is 0.407 e. The summed E-state index contributed by atoms with van der Waals surface area (Å²) in [6, 6.07) is 4.20. The van der Waals surface area contributed by atoms with Crippen molar-refractivity contribution in [1.29, 1.82) is 0 Å². The highest BCUT2D eigenvalue weighted by atomic mass is 79.9. The van der Waals surface area contributed by atoms with Crippen LogP contribution in [0.5, 0.6) is 0 Å². The quantitative estimate of drug-likeness (QED) is 0.621. The third-order valence-electron chi connectivity index (χ3n) is 4.57. The molecule has 2 amide bonds. The lowest BCUT2D eigenvalue weighted by Gasteiger charge is -2.35. The molecule has 1 atom stereocenters. The van der Waals surface area contributed by atoms with Crippen LogP contribution in [0, 0.1) is 5.82 Å². The predicted molar refractivity (Wildman–Crippen MR) is 119 cm³/mol. The minimum absolute atomic E-state index is 0.0290. The van der Waals surface area contributed by atoms with Crippen LogP contribution in [0.3, 0.4) is 0 Å². The second-order valence-corrected chi connectivity index (χ2v) is 9.00. The Morgan fingerprint density at radius 3 is 2.77 bits per heavy atom. The van der Waals surface area contributed by atoms with Gasteiger partial charge in [0.05, 0.1) is 17.6 Å². The fourth-order valence-electron chi connectivity index (χ4n) is 3.28. The Balaban J connectivity index is 1.71. The van der Waals surface area contributed by atoms with E-state index in [1.165, 1.54) is 12.1 Å². The Bertz CT molecular complexity index is 966. The summed E-state index contributed by atoms with van der Waals surface area (Å²) in [6.07, 6.45) is 4.44. The number of ether oxygens (including phenoxy) is 1. The number of alkyl carbamates (subject to hydrolysis) is 1. The van der Waals surface area contributed by atoms with Gasteiger partial charge in [-0.2, -0.15) is 0 Å². The van der Waals surface area contributed by atoms with Gasteiger partial charge in [-0.3, -0.25) is 9.78 Å². The molecular weight excluding hydrogens is 469 g/mol. The van der Waals surface area contributed by atoms with E-state index < -0.39 is 23.4 Å². The number of rotatable bonds is 4. The highest BCUT2D eigenvalue weighted by Gasteiger charge is 2.26. The fraction of sp³-hybridized carbons (Fsp3) is 0.429. The molecule has 1 unspecified atom stereocenters. The minimum atomic E-state index is -0.565. The van der Waals surface area contributed by atoms with Gasteiger partial charge in [-0.15, -0.1) is 0 Å². The summed E-state index contributed by atoms with van der Waals surface area (Å²) in [5.74, 6) is -1.02. The number of pyridine rings is 2. The molecule has 3 rings (SSSR count). The average Bonchev–Trinajstić information content (AvgIpc) is 2.69. The van der Waals surface area contributed by atoms with Crippen molar-refractivity contribution in [2.75, 3.05) is 23.3 Å². The first-order valence-electron chi connectivity index (χ1n) is 9.94. The van der Waals surface area contributed by atoms with Crippen molar-refractivity contribution in [2.45, 2.75) is 45.3 Å². The Kier molecular flexibility index (Phi) is 7.09. The van der Waals surface area contributed by atoms with Gasteiger partial charge in [0, 0.05) is 25.3 Å². The number of aromatic nitrogens is 2. The van der Waals surface area contributed by atoms with Crippen molar-refractivity contribution in [3.05, 3.63) is 46.7 Å². The van der Waals surface area contributed by atoms with Crippen LogP contribution in [0.4, 0.5) is 20.6 Å². The van der Waals surface area contributed by atoms with E-state index in [9.17, 15) is 14.0 Å². The lowest BCUT2D eigenvalue weighted by Crippen LogP contribution is -2.49. The molecule has 0 saturated carbocycles. The van der Waals surface area contributed by atoms with Crippen molar-refractivity contribution in [1.82, 2.24) is 15.3 Å². The minimum Gasteiger partial charge on any atom is -0.444 e. The standard InChI is InChI=1S/C21H25BrFN5O3/c1-21(2,3)31-20(30)25-13-5-4-10-28(12-13)17-8-9-24-11-16(17)27-19(29)15-7-6-14(23)18(22)26-15/h6-9,11,13H,4-5,10,12H2,1-3H3,(H,25,30)(H,27,29). The third-order valence-corrected chi connectivity index (χ3v) is 5.12. The van der Waals surface area contributed by atoms with Gasteiger partial charge in [-0.1, -0.05) is 0 Å². The molecule has 0 aliphatic carbocycles. The topological polar surface area (TPSA) is 96.5 Å². The third kappa shape index (κ3) is 6.36. The van der Waals surface area contributed by atoms with Crippen LogP contribution in [-0.2, 0) is 4.74 Å². The molecule has 166 valence electrons. The predicted octanol–water partition coefficient (Wildman–Crippen LogP) is 4.12. The Hall–Kier alpha value is -2.75. The van der Waals surface area contributed by atoms with E-state index in [0.29, 0.717) is 12.2 Å². The Morgan fingerprint density at radius 1 is 1.29 bits per heavy atom. The van der Waals surface area contributed by atoms with Gasteiger partial charge in [0.25, 0.3) is 5.91 Å². The van der Waals surface area contributed by atoms with Gasteiger partial charge in [-0.05, 0) is 67.7 Å². The largest absolute Gasteiger partial charge is 0.444 e. The van der Waals surface area contributed by atoms with Crippen molar-refractivity contribution >= 4 is 39.3 Å². The molecule has 10 heteroatoms. The van der Waals surface area contributed by atoms with Crippen molar-refractivity contribution < 1.29 is 18.7 Å². The molecule has 2 N–H and O–H groups in total. The normalized spacial score (nSPS) is 16.5. The first-order chi connectivity index (χ1) is 14.6. The highest BCUT2D eigenvalue weighted by molar-refractivity contribution is 9.10. The lowest BCUT2D eigenvalue weighted by atomic mass is 10.0. The molecule has 3 heterocycles. The van der Waals surface area contributed by atoms with Crippen molar-refractivity contribution in [3.63, 3.8) is 0 Å². The summed E-state index contributed by atoms with van der Waals surface area (Å²) in [5.41, 5.74) is 0.795. The molecule has 1 aliphatic heterocycles. The highest BCUT2D eigenvalue weighted by Crippen LogP contribution is 2.28. The van der Waals surface area contributed by atoms with Crippen LogP contribution < -0.4 is 15.5 Å². The van der Waals surface area contributed by atoms with E-state index in [1.54, 1.807) is 18.5 Å². The first kappa shape index (κ1) is 22.9. The molecule has 1 aliphatic rings. The summed E-state index contributed by atoms with van der Waals surface area (Å²) >= 11 is 2.99. The zero-order valence-electron chi connectivity index (χ0n) is 17.6. The first-order valence-corrected chi connectivity index (χ1v) is 10.7. The second kappa shape index (κ2) is 9.59. The summed E-state index contributed by atoms with van der Waals surface area (Å²) < 4.78 is 18.7. The van der Waals surface area contributed by atoms with E-state index in [0.717, 1.165) is 25.1 Å². The molecule has 0 aromatic carbocycles. The van der Waals surface area contributed by atoms with Crippen LogP contribution in [-0.4, -0.2) is 46.7 Å². The molecule has 2 aromatic heterocycles. The second-order valence-electron chi connectivity index (χ2n) is 8.25. The summed E-state index contributed by atoms with van der Waals surface area (Å²) in [4.78, 5) is 34.9. The molecular formula is C21H25BrFN5O3. The number of piperidine rings is 1. The molecule has 8 nitrogen and oxygen atoms in total. The molecule has 0 bridgehead atoms. The van der Waals surface area contributed by atoms with E-state index in [2.05, 4.69) is 41.4 Å². The molecule has 1 saturated heterocycles. The van der Waals surface area contributed by atoms with Gasteiger partial charge in [-0.25, -0.2) is 14.2 Å². The summed E-state index contributed by atoms with van der Waals surface area (Å²) in [6.45, 7) is 6.78. The number of hydrogen-bond donors (Lipinski definition) is 2. The number of anilines is 2. The van der Waals surface area contributed by atoms with Crippen LogP contribution >= 0.6 is 15.9 Å². The maximum atomic E-state index is 13.4. The lowest BCUT2D eigenvalue weighted by molar-refractivity contribution is 0.0500. The van der Waals surface area contributed by atoms with E-state index in [-0.39, 0.29) is 16.3 Å². The summed E-state index contributed by atoms with van der Waals surface area (Å²) in [7, 11) is 0. The number of carbonyl (C=O) groups excluding carboxylic acids is 2. The monoisotopic (exact) mass is 493 g/mol. The Labute approximate surface area is 188 Å². The van der Waals surface area contributed by atoms with Crippen LogP contribution in [0.25, 0.3) is 0 Å². The zero-order valence-corrected chi connectivity index (χ0v) is 19.2. The van der Waals surface area contributed by atoms with Crippen molar-refractivity contribution in [2.24, 2.45) is 0 Å². The van der Waals surface area contributed by atoms with Gasteiger partial charge in [0.15, 0.2) is 5.82 Å². The van der Waals surface area contributed by atoms with E-state index in [1.807, 2.05) is 20.8 Å². The van der Waals surface area contributed by atoms with Crippen LogP contribution in [0.15, 0.2) is 35.2 Å². The number of carbonyl (C=O) groups is 2. The molecule has 0 spiro atoms. The summed E-state index contributed by atoms with van der Waals surface area (Å²) in [5, 5.41) is 5.71. The fourth-order valence-corrected chi connectivity index (χ4v) is 3.60. The number of hydrogen-bond acceptors (Lipinski definition) is 6. The molecule has 0 radical (unpaired) electrons. The molecule has 2 aromatic rings. The maximum Gasteiger partial charge on any atom is 0.407 e. The number of nitrogens with zero attached hydrogens (tertiary/aromatic N) is 3. The van der Waals surface area contributed by atoms with E-state index in [4.69, 9.17) is 4.74 Å². The zero-order chi connectivity index (χ0) is 22.6. The number of amides is 2. The van der Waals surface area contributed by atoms with Crippen molar-refractivity contribution in [3.8, 4) is 0 Å². The average molecular weight is 494 g/mol. The molecule has 1 fully saturated rings. The van der Waals surface area contributed by atoms with Gasteiger partial charge < -0.3 is 20.3 Å². The van der Waals surface area contributed by atoms with Crippen LogP contribution in [0.1, 0.15) is 44.1 Å². The van der Waals surface area contributed by atoms with Crippen LogP contribution in [0.2, 0.25) is 0 Å². The SMILES string of the molecule is CC(C)(C)OC(=O)NC1CCCN(c2ccncc2NC(=O)c2ccc(F)c(Br)n2)C1.